The Morgan fingerprint density at radius 2 is 2.29 bits per heavy atom. The summed E-state index contributed by atoms with van der Waals surface area (Å²) in [7, 11) is 1.19. The van der Waals surface area contributed by atoms with Gasteiger partial charge in [-0.2, -0.15) is 0 Å². The number of esters is 1. The molecule has 1 aliphatic rings. The van der Waals surface area contributed by atoms with Gasteiger partial charge in [-0.15, -0.1) is 0 Å². The first-order chi connectivity index (χ1) is 8.15. The van der Waals surface area contributed by atoms with Crippen LogP contribution in [0.2, 0.25) is 0 Å². The van der Waals surface area contributed by atoms with Crippen LogP contribution in [0, 0.1) is 0 Å². The number of rotatable bonds is 2. The highest BCUT2D eigenvalue weighted by molar-refractivity contribution is 6.00. The Balaban J connectivity index is 2.45. The van der Waals surface area contributed by atoms with Gasteiger partial charge in [-0.3, -0.25) is 4.79 Å². The smallest absolute Gasteiger partial charge is 0.339 e. The molecule has 2 rings (SSSR count). The van der Waals surface area contributed by atoms with Gasteiger partial charge >= 0.3 is 5.97 Å². The van der Waals surface area contributed by atoms with Gasteiger partial charge < -0.3 is 14.6 Å². The fraction of sp³-hybridized carbons (Fsp3) is 0.333. The number of hydrogen-bond acceptors (Lipinski definition) is 5. The highest BCUT2D eigenvalue weighted by Crippen LogP contribution is 2.33. The Bertz CT molecular complexity index is 466. The average Bonchev–Trinajstić information content (AvgIpc) is 2.37. The molecule has 1 aromatic rings. The van der Waals surface area contributed by atoms with Crippen LogP contribution in [0.4, 0.5) is 0 Å². The molecule has 5 heteroatoms. The lowest BCUT2D eigenvalue weighted by molar-refractivity contribution is -0.150. The van der Waals surface area contributed by atoms with E-state index in [9.17, 15) is 14.7 Å². The first kappa shape index (κ1) is 11.6. The lowest BCUT2D eigenvalue weighted by Crippen LogP contribution is -2.20. The zero-order valence-electron chi connectivity index (χ0n) is 9.30. The van der Waals surface area contributed by atoms with Crippen LogP contribution in [0.3, 0.4) is 0 Å². The van der Waals surface area contributed by atoms with Crippen molar-refractivity contribution < 1.29 is 24.2 Å². The molecule has 0 saturated heterocycles. The van der Waals surface area contributed by atoms with Gasteiger partial charge in [0.25, 0.3) is 0 Å². The first-order valence-corrected chi connectivity index (χ1v) is 5.20. The maximum absolute atomic E-state index is 11.6. The molecule has 0 spiro atoms. The molecule has 0 radical (unpaired) electrons. The number of para-hydroxylation sites is 1. The molecule has 0 aromatic heterocycles. The summed E-state index contributed by atoms with van der Waals surface area (Å²) >= 11 is 0. The maximum atomic E-state index is 11.6. The Hall–Kier alpha value is -1.88. The maximum Gasteiger partial charge on any atom is 0.339 e. The van der Waals surface area contributed by atoms with Crippen LogP contribution in [0.25, 0.3) is 0 Å². The van der Waals surface area contributed by atoms with Crippen molar-refractivity contribution in [3.8, 4) is 5.75 Å². The van der Waals surface area contributed by atoms with Crippen molar-refractivity contribution >= 4 is 11.8 Å². The number of ether oxygens (including phenoxy) is 2. The number of ketones is 1. The van der Waals surface area contributed by atoms with E-state index in [1.807, 2.05) is 0 Å². The predicted octanol–water partition coefficient (Wildman–Crippen LogP) is 0.858. The van der Waals surface area contributed by atoms with Gasteiger partial charge in [0.2, 0.25) is 0 Å². The Morgan fingerprint density at radius 3 is 3.00 bits per heavy atom. The molecule has 0 aliphatic carbocycles. The molecule has 1 N–H and O–H groups in total. The van der Waals surface area contributed by atoms with Crippen LogP contribution >= 0.6 is 0 Å². The van der Waals surface area contributed by atoms with E-state index in [2.05, 4.69) is 4.74 Å². The monoisotopic (exact) mass is 236 g/mol. The van der Waals surface area contributed by atoms with E-state index in [4.69, 9.17) is 4.74 Å². The van der Waals surface area contributed by atoms with Gasteiger partial charge in [-0.1, -0.05) is 12.1 Å². The third-order valence-electron chi connectivity index (χ3n) is 2.64. The fourth-order valence-electron chi connectivity index (χ4n) is 1.77. The normalized spacial score (nSPS) is 15.8. The number of methoxy groups -OCH3 is 1. The van der Waals surface area contributed by atoms with E-state index < -0.39 is 12.1 Å². The van der Waals surface area contributed by atoms with Crippen molar-refractivity contribution in [2.75, 3.05) is 13.7 Å². The molecule has 0 amide bonds. The zero-order valence-corrected chi connectivity index (χ0v) is 9.30. The Kier molecular flexibility index (Phi) is 3.10. The number of carbonyl (C=O) groups excluding carboxylic acids is 2. The molecule has 17 heavy (non-hydrogen) atoms. The lowest BCUT2D eigenvalue weighted by atomic mass is 9.98. The minimum absolute atomic E-state index is 0.0508. The minimum Gasteiger partial charge on any atom is -0.492 e. The number of aliphatic hydroxyl groups is 1. The summed E-state index contributed by atoms with van der Waals surface area (Å²) in [5.41, 5.74) is 0.666. The highest BCUT2D eigenvalue weighted by atomic mass is 16.5. The Labute approximate surface area is 98.0 Å². The van der Waals surface area contributed by atoms with Crippen molar-refractivity contribution in [1.82, 2.24) is 0 Å². The number of carbonyl (C=O) groups is 2. The molecule has 0 saturated carbocycles. The summed E-state index contributed by atoms with van der Waals surface area (Å²) in [5.74, 6) is -0.549. The molecule has 90 valence electrons. The molecule has 1 heterocycles. The van der Waals surface area contributed by atoms with Gasteiger partial charge in [0.05, 0.1) is 19.3 Å². The zero-order chi connectivity index (χ0) is 12.4. The predicted molar refractivity (Wildman–Crippen MR) is 57.9 cm³/mol. The largest absolute Gasteiger partial charge is 0.492 e. The number of benzene rings is 1. The highest BCUT2D eigenvalue weighted by Gasteiger charge is 2.27. The molecule has 1 atom stereocenters. The SMILES string of the molecule is COC(=O)C(O)c1cccc2c1OCCC2=O. The summed E-state index contributed by atoms with van der Waals surface area (Å²) in [6, 6.07) is 4.76. The molecule has 0 bridgehead atoms. The lowest BCUT2D eigenvalue weighted by Gasteiger charge is -2.20. The van der Waals surface area contributed by atoms with Crippen LogP contribution in [-0.4, -0.2) is 30.6 Å². The van der Waals surface area contributed by atoms with E-state index in [1.54, 1.807) is 18.2 Å². The summed E-state index contributed by atoms with van der Waals surface area (Å²) < 4.78 is 9.81. The van der Waals surface area contributed by atoms with Gasteiger partial charge in [0.15, 0.2) is 11.9 Å². The van der Waals surface area contributed by atoms with E-state index in [1.165, 1.54) is 7.11 Å². The van der Waals surface area contributed by atoms with Crippen molar-refractivity contribution in [3.05, 3.63) is 29.3 Å². The van der Waals surface area contributed by atoms with Gasteiger partial charge in [-0.05, 0) is 6.07 Å². The van der Waals surface area contributed by atoms with E-state index >= 15 is 0 Å². The van der Waals surface area contributed by atoms with Crippen LogP contribution in [0.1, 0.15) is 28.4 Å². The average molecular weight is 236 g/mol. The molecule has 5 nitrogen and oxygen atoms in total. The Morgan fingerprint density at radius 1 is 1.53 bits per heavy atom. The molecule has 0 fully saturated rings. The fourth-order valence-corrected chi connectivity index (χ4v) is 1.77. The van der Waals surface area contributed by atoms with Gasteiger partial charge in [0, 0.05) is 12.0 Å². The number of Topliss-reactive ketones (excluding diaryl/α,β-unsaturated/α-hetero) is 1. The van der Waals surface area contributed by atoms with Gasteiger partial charge in [-0.25, -0.2) is 4.79 Å². The molecule has 1 unspecified atom stereocenters. The molecule has 1 aromatic carbocycles. The van der Waals surface area contributed by atoms with Crippen molar-refractivity contribution in [2.24, 2.45) is 0 Å². The molecule has 1 aliphatic heterocycles. The summed E-state index contributed by atoms with van der Waals surface area (Å²) in [5, 5.41) is 9.77. The number of aliphatic hydroxyl groups excluding tert-OH is 1. The standard InChI is InChI=1S/C12H12O5/c1-16-12(15)10(14)8-4-2-3-7-9(13)5-6-17-11(7)8/h2-4,10,14H,5-6H2,1H3. The van der Waals surface area contributed by atoms with Gasteiger partial charge in [0.1, 0.15) is 5.75 Å². The van der Waals surface area contributed by atoms with E-state index in [0.29, 0.717) is 12.0 Å². The third-order valence-corrected chi connectivity index (χ3v) is 2.64. The third kappa shape index (κ3) is 2.01. The van der Waals surface area contributed by atoms with E-state index in [0.717, 1.165) is 0 Å². The topological polar surface area (TPSA) is 72.8 Å². The summed E-state index contributed by atoms with van der Waals surface area (Å²) in [4.78, 5) is 22.9. The first-order valence-electron chi connectivity index (χ1n) is 5.20. The summed E-state index contributed by atoms with van der Waals surface area (Å²) in [6.45, 7) is 0.261. The van der Waals surface area contributed by atoms with E-state index in [-0.39, 0.29) is 23.7 Å². The van der Waals surface area contributed by atoms with Crippen molar-refractivity contribution in [1.29, 1.82) is 0 Å². The molecular formula is C12H12O5. The van der Waals surface area contributed by atoms with Crippen LogP contribution in [0.5, 0.6) is 5.75 Å². The van der Waals surface area contributed by atoms with Crippen molar-refractivity contribution in [3.63, 3.8) is 0 Å². The molecular weight excluding hydrogens is 224 g/mol. The summed E-state index contributed by atoms with van der Waals surface area (Å²) in [6.07, 6.45) is -1.12. The number of fused-ring (bicyclic) bond motifs is 1. The second-order valence-electron chi connectivity index (χ2n) is 3.67. The van der Waals surface area contributed by atoms with Crippen molar-refractivity contribution in [2.45, 2.75) is 12.5 Å². The van der Waals surface area contributed by atoms with Crippen LogP contribution in [0.15, 0.2) is 18.2 Å². The number of hydrogen-bond donors (Lipinski definition) is 1. The second-order valence-corrected chi connectivity index (χ2v) is 3.67. The minimum atomic E-state index is -1.43. The second kappa shape index (κ2) is 4.55. The quantitative estimate of drug-likeness (QED) is 0.771. The van der Waals surface area contributed by atoms with Crippen LogP contribution in [-0.2, 0) is 9.53 Å². The van der Waals surface area contributed by atoms with Crippen LogP contribution < -0.4 is 4.74 Å².